The Balaban J connectivity index is -0.000000277. The van der Waals surface area contributed by atoms with Crippen LogP contribution in [0.3, 0.4) is 0 Å². The Kier molecular flexibility index (Phi) is 19.4. The van der Waals surface area contributed by atoms with Crippen LogP contribution < -0.4 is 0 Å². The minimum atomic E-state index is -1.16. The Labute approximate surface area is 125 Å². The molecule has 118 valence electrons. The maximum Gasteiger partial charge on any atom is 0.333 e. The highest BCUT2D eigenvalue weighted by molar-refractivity contribution is 5.90. The highest BCUT2D eigenvalue weighted by Crippen LogP contribution is 1.90. The standard InChI is InChI=1S/C7H10O2.C6H8O4.C2H4/c1-4-5-9-7(8)6(2)3;1-2-10-6(9)4-3-5(7)8;1-2/h4H,1-2,5H2,3H3;3-4H,2H2,1H3,(H,7,8);1-2H2/b;4-3-;. The first-order chi connectivity index (χ1) is 9.84. The van der Waals surface area contributed by atoms with Crippen molar-refractivity contribution in [2.45, 2.75) is 13.8 Å². The second-order valence-corrected chi connectivity index (χ2v) is 3.09. The van der Waals surface area contributed by atoms with Gasteiger partial charge in [0.25, 0.3) is 0 Å². The quantitative estimate of drug-likeness (QED) is 0.459. The third-order valence-electron chi connectivity index (χ3n) is 1.33. The van der Waals surface area contributed by atoms with Gasteiger partial charge in [0.15, 0.2) is 0 Å². The van der Waals surface area contributed by atoms with E-state index < -0.39 is 11.9 Å². The summed E-state index contributed by atoms with van der Waals surface area (Å²) in [7, 11) is 0. The van der Waals surface area contributed by atoms with E-state index in [0.717, 1.165) is 12.2 Å². The number of hydrogen-bond acceptors (Lipinski definition) is 5. The fourth-order valence-electron chi connectivity index (χ4n) is 0.588. The van der Waals surface area contributed by atoms with Crippen LogP contribution in [-0.4, -0.2) is 36.2 Å². The van der Waals surface area contributed by atoms with E-state index in [1.807, 2.05) is 0 Å². The largest absolute Gasteiger partial charge is 0.478 e. The number of carboxylic acids is 1. The van der Waals surface area contributed by atoms with Crippen LogP contribution in [0, 0.1) is 0 Å². The van der Waals surface area contributed by atoms with Gasteiger partial charge in [0.05, 0.1) is 6.61 Å². The molecule has 0 radical (unpaired) electrons. The Bertz CT molecular complexity index is 382. The zero-order valence-corrected chi connectivity index (χ0v) is 12.5. The lowest BCUT2D eigenvalue weighted by Crippen LogP contribution is -2.03. The minimum Gasteiger partial charge on any atom is -0.478 e. The summed E-state index contributed by atoms with van der Waals surface area (Å²) in [6, 6.07) is 0. The van der Waals surface area contributed by atoms with E-state index in [1.165, 1.54) is 6.08 Å². The molecule has 0 unspecified atom stereocenters. The number of carboxylic acid groups (broad SMARTS) is 1. The van der Waals surface area contributed by atoms with Crippen molar-refractivity contribution in [1.29, 1.82) is 0 Å². The predicted octanol–water partition coefficient (Wildman–Crippen LogP) is 2.28. The molecule has 6 heteroatoms. The van der Waals surface area contributed by atoms with Crippen molar-refractivity contribution in [3.63, 3.8) is 0 Å². The summed E-state index contributed by atoms with van der Waals surface area (Å²) in [5.74, 6) is -2.16. The summed E-state index contributed by atoms with van der Waals surface area (Å²) >= 11 is 0. The fourth-order valence-corrected chi connectivity index (χ4v) is 0.588. The van der Waals surface area contributed by atoms with E-state index in [-0.39, 0.29) is 19.2 Å². The van der Waals surface area contributed by atoms with Crippen LogP contribution in [0.2, 0.25) is 0 Å². The predicted molar refractivity (Wildman–Crippen MR) is 80.6 cm³/mol. The highest BCUT2D eigenvalue weighted by atomic mass is 16.5. The first kappa shape index (κ1) is 23.5. The fraction of sp³-hybridized carbons (Fsp3) is 0.267. The third kappa shape index (κ3) is 23.0. The van der Waals surface area contributed by atoms with Gasteiger partial charge in [0, 0.05) is 17.7 Å². The van der Waals surface area contributed by atoms with Crippen LogP contribution in [0.5, 0.6) is 0 Å². The SMILES string of the molecule is C=C.C=CCOC(=O)C(=C)C.CCOC(=O)/C=C\C(=O)O. The molecule has 0 aromatic carbocycles. The molecule has 6 nitrogen and oxygen atoms in total. The van der Waals surface area contributed by atoms with Crippen LogP contribution in [0.1, 0.15) is 13.8 Å². The average molecular weight is 298 g/mol. The van der Waals surface area contributed by atoms with Crippen molar-refractivity contribution in [1.82, 2.24) is 0 Å². The average Bonchev–Trinajstić information content (AvgIpc) is 2.45. The minimum absolute atomic E-state index is 0.253. The van der Waals surface area contributed by atoms with Gasteiger partial charge in [-0.2, -0.15) is 0 Å². The number of rotatable bonds is 6. The molecule has 0 aromatic rings. The zero-order valence-electron chi connectivity index (χ0n) is 12.5. The number of carbonyl (C=O) groups excluding carboxylic acids is 2. The molecular weight excluding hydrogens is 276 g/mol. The molecule has 0 saturated heterocycles. The molecule has 0 heterocycles. The van der Waals surface area contributed by atoms with Gasteiger partial charge in [-0.1, -0.05) is 19.2 Å². The molecular formula is C15H22O6. The second kappa shape index (κ2) is 17.4. The lowest BCUT2D eigenvalue weighted by molar-refractivity contribution is -0.138. The third-order valence-corrected chi connectivity index (χ3v) is 1.33. The van der Waals surface area contributed by atoms with E-state index >= 15 is 0 Å². The molecule has 0 bridgehead atoms. The maximum atomic E-state index is 10.5. The van der Waals surface area contributed by atoms with Crippen molar-refractivity contribution in [2.75, 3.05) is 13.2 Å². The van der Waals surface area contributed by atoms with Crippen LogP contribution in [0.15, 0.2) is 50.1 Å². The molecule has 21 heavy (non-hydrogen) atoms. The Morgan fingerprint density at radius 3 is 2.00 bits per heavy atom. The molecule has 0 aliphatic heterocycles. The van der Waals surface area contributed by atoms with Gasteiger partial charge in [0.2, 0.25) is 0 Å². The number of ether oxygens (including phenoxy) is 2. The van der Waals surface area contributed by atoms with Gasteiger partial charge in [0.1, 0.15) is 6.61 Å². The van der Waals surface area contributed by atoms with Crippen molar-refractivity contribution in [3.8, 4) is 0 Å². The van der Waals surface area contributed by atoms with Gasteiger partial charge >= 0.3 is 17.9 Å². The molecule has 0 spiro atoms. The molecule has 0 fully saturated rings. The van der Waals surface area contributed by atoms with Crippen molar-refractivity contribution < 1.29 is 29.0 Å². The summed E-state index contributed by atoms with van der Waals surface area (Å²) in [4.78, 5) is 30.7. The summed E-state index contributed by atoms with van der Waals surface area (Å²) in [5, 5.41) is 8.04. The summed E-state index contributed by atoms with van der Waals surface area (Å²) in [5.41, 5.74) is 0.414. The maximum absolute atomic E-state index is 10.5. The molecule has 0 aromatic heterocycles. The van der Waals surface area contributed by atoms with E-state index in [0.29, 0.717) is 5.57 Å². The molecule has 0 aliphatic rings. The van der Waals surface area contributed by atoms with Gasteiger partial charge in [-0.05, 0) is 13.8 Å². The molecule has 0 amide bonds. The van der Waals surface area contributed by atoms with Crippen LogP contribution in [-0.2, 0) is 23.9 Å². The van der Waals surface area contributed by atoms with Crippen molar-refractivity contribution in [2.24, 2.45) is 0 Å². The number of esters is 2. The van der Waals surface area contributed by atoms with Gasteiger partial charge in [-0.3, -0.25) is 0 Å². The highest BCUT2D eigenvalue weighted by Gasteiger charge is 1.98. The molecule has 0 rings (SSSR count). The summed E-state index contributed by atoms with van der Waals surface area (Å²) < 4.78 is 9.00. The van der Waals surface area contributed by atoms with Crippen LogP contribution >= 0.6 is 0 Å². The second-order valence-electron chi connectivity index (χ2n) is 3.09. The molecule has 0 atom stereocenters. The number of hydrogen-bond donors (Lipinski definition) is 1. The van der Waals surface area contributed by atoms with E-state index in [9.17, 15) is 14.4 Å². The lowest BCUT2D eigenvalue weighted by Gasteiger charge is -1.97. The Hall–Kier alpha value is -2.63. The smallest absolute Gasteiger partial charge is 0.333 e. The number of aliphatic carboxylic acids is 1. The zero-order chi connectivity index (χ0) is 17.3. The molecule has 0 saturated carbocycles. The normalized spacial score (nSPS) is 8.29. The van der Waals surface area contributed by atoms with Crippen LogP contribution in [0.25, 0.3) is 0 Å². The molecule has 0 aliphatic carbocycles. The van der Waals surface area contributed by atoms with Gasteiger partial charge in [-0.25, -0.2) is 14.4 Å². The monoisotopic (exact) mass is 298 g/mol. The Morgan fingerprint density at radius 1 is 1.14 bits per heavy atom. The summed E-state index contributed by atoms with van der Waals surface area (Å²) in [6.45, 7) is 16.5. The Morgan fingerprint density at radius 2 is 1.67 bits per heavy atom. The topological polar surface area (TPSA) is 89.9 Å². The van der Waals surface area contributed by atoms with E-state index in [2.05, 4.69) is 35.8 Å². The van der Waals surface area contributed by atoms with Crippen LogP contribution in [0.4, 0.5) is 0 Å². The lowest BCUT2D eigenvalue weighted by atomic mass is 10.4. The first-order valence-electron chi connectivity index (χ1n) is 5.86. The molecule has 1 N–H and O–H groups in total. The summed E-state index contributed by atoms with van der Waals surface area (Å²) in [6.07, 6.45) is 3.12. The first-order valence-corrected chi connectivity index (χ1v) is 5.86. The van der Waals surface area contributed by atoms with Gasteiger partial charge < -0.3 is 14.6 Å². The van der Waals surface area contributed by atoms with Crippen molar-refractivity contribution >= 4 is 17.9 Å². The van der Waals surface area contributed by atoms with E-state index in [1.54, 1.807) is 13.8 Å². The number of carbonyl (C=O) groups is 3. The van der Waals surface area contributed by atoms with E-state index in [4.69, 9.17) is 5.11 Å². The van der Waals surface area contributed by atoms with Gasteiger partial charge in [-0.15, -0.1) is 13.2 Å². The van der Waals surface area contributed by atoms with Crippen molar-refractivity contribution in [3.05, 3.63) is 50.1 Å².